The lowest BCUT2D eigenvalue weighted by molar-refractivity contribution is -0.0679. The Kier molecular flexibility index (Phi) is 8.22. The van der Waals surface area contributed by atoms with Crippen LogP contribution in [-0.2, 0) is 11.3 Å². The largest absolute Gasteiger partial charge is 0.373 e. The van der Waals surface area contributed by atoms with Crippen LogP contribution in [0, 0.1) is 6.92 Å². The van der Waals surface area contributed by atoms with Gasteiger partial charge < -0.3 is 15.4 Å². The Morgan fingerprint density at radius 1 is 1.16 bits per heavy atom. The SMILES string of the molecule is CCNC(=NCc1ccc(C)cc1)NCCCN1CC(C)OC(C)C1. The predicted molar refractivity (Wildman–Crippen MR) is 105 cm³/mol. The number of benzene rings is 1. The van der Waals surface area contributed by atoms with Gasteiger partial charge in [-0.15, -0.1) is 0 Å². The van der Waals surface area contributed by atoms with Crippen LogP contribution in [-0.4, -0.2) is 55.8 Å². The van der Waals surface area contributed by atoms with E-state index in [0.717, 1.165) is 45.1 Å². The van der Waals surface area contributed by atoms with Gasteiger partial charge in [-0.3, -0.25) is 4.90 Å². The number of morpholine rings is 1. The van der Waals surface area contributed by atoms with Crippen LogP contribution < -0.4 is 10.6 Å². The third kappa shape index (κ3) is 7.45. The Bertz CT molecular complexity index is 519. The van der Waals surface area contributed by atoms with E-state index in [-0.39, 0.29) is 0 Å². The fraction of sp³-hybridized carbons (Fsp3) is 0.650. The van der Waals surface area contributed by atoms with E-state index in [1.165, 1.54) is 11.1 Å². The Morgan fingerprint density at radius 3 is 2.48 bits per heavy atom. The van der Waals surface area contributed by atoms with E-state index in [9.17, 15) is 0 Å². The van der Waals surface area contributed by atoms with Crippen molar-refractivity contribution in [2.24, 2.45) is 4.99 Å². The molecule has 2 rings (SSSR count). The van der Waals surface area contributed by atoms with Gasteiger partial charge in [-0.2, -0.15) is 0 Å². The van der Waals surface area contributed by atoms with Crippen LogP contribution in [0.15, 0.2) is 29.3 Å². The number of guanidine groups is 1. The lowest BCUT2D eigenvalue weighted by Crippen LogP contribution is -2.46. The van der Waals surface area contributed by atoms with Gasteiger partial charge in [0.05, 0.1) is 18.8 Å². The van der Waals surface area contributed by atoms with Crippen molar-refractivity contribution in [3.8, 4) is 0 Å². The zero-order valence-corrected chi connectivity index (χ0v) is 16.2. The summed E-state index contributed by atoms with van der Waals surface area (Å²) in [4.78, 5) is 7.18. The van der Waals surface area contributed by atoms with E-state index in [1.54, 1.807) is 0 Å². The number of aryl methyl sites for hydroxylation is 1. The summed E-state index contributed by atoms with van der Waals surface area (Å²) in [5.41, 5.74) is 2.52. The number of aliphatic imine (C=N–C) groups is 1. The van der Waals surface area contributed by atoms with Gasteiger partial charge in [0.25, 0.3) is 0 Å². The molecule has 25 heavy (non-hydrogen) atoms. The van der Waals surface area contributed by atoms with Crippen LogP contribution in [0.2, 0.25) is 0 Å². The van der Waals surface area contributed by atoms with Crippen LogP contribution in [0.4, 0.5) is 0 Å². The number of hydrogen-bond donors (Lipinski definition) is 2. The molecule has 0 bridgehead atoms. The average Bonchev–Trinajstić information content (AvgIpc) is 2.57. The van der Waals surface area contributed by atoms with E-state index in [1.807, 2.05) is 0 Å². The summed E-state index contributed by atoms with van der Waals surface area (Å²) in [6.07, 6.45) is 1.78. The maximum absolute atomic E-state index is 5.79. The number of nitrogens with zero attached hydrogens (tertiary/aromatic N) is 2. The van der Waals surface area contributed by atoms with Crippen molar-refractivity contribution in [2.45, 2.75) is 52.9 Å². The van der Waals surface area contributed by atoms with E-state index in [2.05, 4.69) is 72.5 Å². The lowest BCUT2D eigenvalue weighted by atomic mass is 10.1. The monoisotopic (exact) mass is 346 g/mol. The summed E-state index contributed by atoms with van der Waals surface area (Å²) in [6.45, 7) is 14.2. The normalized spacial score (nSPS) is 22.0. The summed E-state index contributed by atoms with van der Waals surface area (Å²) >= 11 is 0. The molecule has 0 amide bonds. The lowest BCUT2D eigenvalue weighted by Gasteiger charge is -2.35. The van der Waals surface area contributed by atoms with Crippen molar-refractivity contribution in [3.63, 3.8) is 0 Å². The van der Waals surface area contributed by atoms with Crippen molar-refractivity contribution in [3.05, 3.63) is 35.4 Å². The van der Waals surface area contributed by atoms with Crippen molar-refractivity contribution >= 4 is 5.96 Å². The molecule has 0 aliphatic carbocycles. The van der Waals surface area contributed by atoms with E-state index in [4.69, 9.17) is 4.74 Å². The molecule has 0 spiro atoms. The number of nitrogens with one attached hydrogen (secondary N) is 2. The Balaban J connectivity index is 1.73. The minimum Gasteiger partial charge on any atom is -0.373 e. The third-order valence-electron chi connectivity index (χ3n) is 4.32. The molecule has 0 aromatic heterocycles. The zero-order chi connectivity index (χ0) is 18.1. The number of ether oxygens (including phenoxy) is 1. The molecule has 0 saturated carbocycles. The first-order chi connectivity index (χ1) is 12.1. The third-order valence-corrected chi connectivity index (χ3v) is 4.32. The Hall–Kier alpha value is -1.59. The molecule has 0 radical (unpaired) electrons. The molecule has 1 heterocycles. The van der Waals surface area contributed by atoms with Crippen LogP contribution >= 0.6 is 0 Å². The highest BCUT2D eigenvalue weighted by Gasteiger charge is 2.21. The fourth-order valence-corrected chi connectivity index (χ4v) is 3.18. The topological polar surface area (TPSA) is 48.9 Å². The smallest absolute Gasteiger partial charge is 0.191 e. The van der Waals surface area contributed by atoms with Gasteiger partial charge in [-0.1, -0.05) is 29.8 Å². The Labute approximate surface area is 152 Å². The summed E-state index contributed by atoms with van der Waals surface area (Å²) < 4.78 is 5.79. The summed E-state index contributed by atoms with van der Waals surface area (Å²) in [5.74, 6) is 0.895. The van der Waals surface area contributed by atoms with E-state index >= 15 is 0 Å². The van der Waals surface area contributed by atoms with Gasteiger partial charge in [0.15, 0.2) is 5.96 Å². The van der Waals surface area contributed by atoms with Gasteiger partial charge in [0.2, 0.25) is 0 Å². The van der Waals surface area contributed by atoms with Crippen molar-refractivity contribution in [1.82, 2.24) is 15.5 Å². The Morgan fingerprint density at radius 2 is 1.84 bits per heavy atom. The highest BCUT2D eigenvalue weighted by molar-refractivity contribution is 5.79. The standard InChI is InChI=1S/C20H34N4O/c1-5-21-20(23-13-19-9-7-16(2)8-10-19)22-11-6-12-24-14-17(3)25-18(4)15-24/h7-10,17-18H,5-6,11-15H2,1-4H3,(H2,21,22,23). The molecule has 1 aromatic rings. The molecule has 2 N–H and O–H groups in total. The van der Waals surface area contributed by atoms with Gasteiger partial charge in [0.1, 0.15) is 0 Å². The fourth-order valence-electron chi connectivity index (χ4n) is 3.18. The molecule has 1 saturated heterocycles. The van der Waals surface area contributed by atoms with Gasteiger partial charge in [-0.05, 0) is 39.7 Å². The predicted octanol–water partition coefficient (Wildman–Crippen LogP) is 2.55. The molecule has 140 valence electrons. The number of rotatable bonds is 7. The second-order valence-corrected chi connectivity index (χ2v) is 6.98. The molecule has 1 aliphatic heterocycles. The van der Waals surface area contributed by atoms with Gasteiger partial charge in [-0.25, -0.2) is 4.99 Å². The highest BCUT2D eigenvalue weighted by Crippen LogP contribution is 2.10. The van der Waals surface area contributed by atoms with Crippen molar-refractivity contribution in [2.75, 3.05) is 32.7 Å². The van der Waals surface area contributed by atoms with Crippen molar-refractivity contribution < 1.29 is 4.74 Å². The molecule has 5 heteroatoms. The van der Waals surface area contributed by atoms with Crippen LogP contribution in [0.25, 0.3) is 0 Å². The number of hydrogen-bond acceptors (Lipinski definition) is 3. The second kappa shape index (κ2) is 10.4. The first kappa shape index (κ1) is 19.7. The average molecular weight is 347 g/mol. The van der Waals surface area contributed by atoms with Gasteiger partial charge in [0, 0.05) is 32.7 Å². The second-order valence-electron chi connectivity index (χ2n) is 6.98. The minimum absolute atomic E-state index is 0.338. The quantitative estimate of drug-likeness (QED) is 0.453. The molecule has 2 atom stereocenters. The molecular weight excluding hydrogens is 312 g/mol. The summed E-state index contributed by atoms with van der Waals surface area (Å²) in [6, 6.07) is 8.55. The summed E-state index contributed by atoms with van der Waals surface area (Å²) in [7, 11) is 0. The molecule has 5 nitrogen and oxygen atoms in total. The highest BCUT2D eigenvalue weighted by atomic mass is 16.5. The van der Waals surface area contributed by atoms with Gasteiger partial charge >= 0.3 is 0 Å². The molecule has 1 aliphatic rings. The molecular formula is C20H34N4O. The van der Waals surface area contributed by atoms with Crippen LogP contribution in [0.1, 0.15) is 38.3 Å². The van der Waals surface area contributed by atoms with Crippen molar-refractivity contribution in [1.29, 1.82) is 0 Å². The first-order valence-electron chi connectivity index (χ1n) is 9.52. The minimum atomic E-state index is 0.338. The molecule has 1 aromatic carbocycles. The zero-order valence-electron chi connectivity index (χ0n) is 16.2. The molecule has 1 fully saturated rings. The summed E-state index contributed by atoms with van der Waals surface area (Å²) in [5, 5.41) is 6.77. The first-order valence-corrected chi connectivity index (χ1v) is 9.52. The van der Waals surface area contributed by atoms with E-state index in [0.29, 0.717) is 18.8 Å². The molecule has 2 unspecified atom stereocenters. The van der Waals surface area contributed by atoms with Crippen LogP contribution in [0.5, 0.6) is 0 Å². The van der Waals surface area contributed by atoms with E-state index < -0.39 is 0 Å². The maximum Gasteiger partial charge on any atom is 0.191 e. The van der Waals surface area contributed by atoms with Crippen LogP contribution in [0.3, 0.4) is 0 Å². The maximum atomic E-state index is 5.79.